The number of para-hydroxylation sites is 1. The first kappa shape index (κ1) is 25.8. The zero-order valence-corrected chi connectivity index (χ0v) is 19.9. The lowest BCUT2D eigenvalue weighted by Gasteiger charge is -2.39. The number of nitrogens with zero attached hydrogens (tertiary/aromatic N) is 4. The highest BCUT2D eigenvalue weighted by atomic mass is 19.4. The number of pyridine rings is 1. The fourth-order valence-electron chi connectivity index (χ4n) is 4.17. The van der Waals surface area contributed by atoms with Crippen LogP contribution in [0.2, 0.25) is 0 Å². The number of halogens is 3. The summed E-state index contributed by atoms with van der Waals surface area (Å²) >= 11 is 0. The van der Waals surface area contributed by atoms with Crippen LogP contribution in [0.5, 0.6) is 17.4 Å². The molecule has 1 fully saturated rings. The SMILES string of the molecule is COc1cc(C(=O)N2CC[C@H](NC(=O)c3ccccc3OC(F)(F)F)[C@@H](n3cccn3)C2)cnc1OC. The molecule has 3 aromatic rings. The number of benzene rings is 1. The fourth-order valence-corrected chi connectivity index (χ4v) is 4.17. The second-order valence-electron chi connectivity index (χ2n) is 8.15. The van der Waals surface area contributed by atoms with Crippen LogP contribution in [-0.4, -0.2) is 71.2 Å². The van der Waals surface area contributed by atoms with Crippen LogP contribution in [0.3, 0.4) is 0 Å². The smallest absolute Gasteiger partial charge is 0.491 e. The van der Waals surface area contributed by atoms with Crippen molar-refractivity contribution in [3.8, 4) is 17.4 Å². The van der Waals surface area contributed by atoms with E-state index in [2.05, 4.69) is 20.1 Å². The van der Waals surface area contributed by atoms with E-state index >= 15 is 0 Å². The number of methoxy groups -OCH3 is 2. The number of nitrogens with one attached hydrogen (secondary N) is 1. The quantitative estimate of drug-likeness (QED) is 0.511. The molecular formula is C24H24F3N5O5. The third kappa shape index (κ3) is 5.93. The Bertz CT molecular complexity index is 1250. The Morgan fingerprint density at radius 1 is 1.11 bits per heavy atom. The van der Waals surface area contributed by atoms with Crippen LogP contribution < -0.4 is 19.5 Å². The van der Waals surface area contributed by atoms with Gasteiger partial charge in [-0.15, -0.1) is 13.2 Å². The highest BCUT2D eigenvalue weighted by molar-refractivity contribution is 5.97. The second-order valence-corrected chi connectivity index (χ2v) is 8.15. The first-order chi connectivity index (χ1) is 17.7. The Balaban J connectivity index is 1.54. The third-order valence-corrected chi connectivity index (χ3v) is 5.89. The molecule has 1 aromatic carbocycles. The molecule has 10 nitrogen and oxygen atoms in total. The van der Waals surface area contributed by atoms with Gasteiger partial charge in [0.15, 0.2) is 5.75 Å². The van der Waals surface area contributed by atoms with E-state index in [1.165, 1.54) is 44.7 Å². The Kier molecular flexibility index (Phi) is 7.50. The second kappa shape index (κ2) is 10.8. The molecule has 0 radical (unpaired) electrons. The summed E-state index contributed by atoms with van der Waals surface area (Å²) in [5.74, 6) is -1.09. The van der Waals surface area contributed by atoms with Gasteiger partial charge in [-0.1, -0.05) is 12.1 Å². The van der Waals surface area contributed by atoms with Crippen LogP contribution in [0.15, 0.2) is 55.0 Å². The van der Waals surface area contributed by atoms with Gasteiger partial charge >= 0.3 is 6.36 Å². The van der Waals surface area contributed by atoms with E-state index in [9.17, 15) is 22.8 Å². The molecule has 0 bridgehead atoms. The number of rotatable bonds is 7. The fraction of sp³-hybridized carbons (Fsp3) is 0.333. The molecule has 1 saturated heterocycles. The number of aromatic nitrogens is 3. The minimum Gasteiger partial charge on any atom is -0.491 e. The molecule has 1 N–H and O–H groups in total. The molecule has 2 amide bonds. The van der Waals surface area contributed by atoms with Crippen molar-refractivity contribution in [3.05, 3.63) is 66.1 Å². The van der Waals surface area contributed by atoms with E-state index in [1.807, 2.05) is 0 Å². The highest BCUT2D eigenvalue weighted by Gasteiger charge is 2.36. The van der Waals surface area contributed by atoms with Crippen LogP contribution >= 0.6 is 0 Å². The number of carbonyl (C=O) groups is 2. The summed E-state index contributed by atoms with van der Waals surface area (Å²) in [6.07, 6.45) is 0.0165. The van der Waals surface area contributed by atoms with Crippen molar-refractivity contribution in [2.24, 2.45) is 0 Å². The molecule has 1 aliphatic heterocycles. The van der Waals surface area contributed by atoms with Crippen LogP contribution in [-0.2, 0) is 0 Å². The third-order valence-electron chi connectivity index (χ3n) is 5.89. The van der Waals surface area contributed by atoms with E-state index in [4.69, 9.17) is 9.47 Å². The number of amides is 2. The standard InChI is InChI=1S/C24H24F3N5O5/c1-35-20-12-15(13-28-22(20)36-2)23(34)31-11-8-17(18(14-31)32-10-5-9-29-32)30-21(33)16-6-3-4-7-19(16)37-24(25,26)27/h3-7,9-10,12-13,17-18H,8,11,14H2,1-2H3,(H,30,33)/t17-,18-/m0/s1. The summed E-state index contributed by atoms with van der Waals surface area (Å²) in [7, 11) is 2.88. The van der Waals surface area contributed by atoms with Crippen molar-refractivity contribution in [1.82, 2.24) is 25.0 Å². The molecular weight excluding hydrogens is 495 g/mol. The first-order valence-corrected chi connectivity index (χ1v) is 11.2. The highest BCUT2D eigenvalue weighted by Crippen LogP contribution is 2.29. The number of ether oxygens (including phenoxy) is 3. The summed E-state index contributed by atoms with van der Waals surface area (Å²) in [5, 5.41) is 7.06. The van der Waals surface area contributed by atoms with Crippen molar-refractivity contribution in [1.29, 1.82) is 0 Å². The predicted octanol–water partition coefficient (Wildman–Crippen LogP) is 3.08. The molecule has 37 heavy (non-hydrogen) atoms. The Hall–Kier alpha value is -4.29. The Morgan fingerprint density at radius 3 is 2.57 bits per heavy atom. The monoisotopic (exact) mass is 519 g/mol. The molecule has 2 atom stereocenters. The molecule has 0 unspecified atom stereocenters. The molecule has 0 aliphatic carbocycles. The lowest BCUT2D eigenvalue weighted by Crippen LogP contribution is -2.53. The molecule has 0 saturated carbocycles. The zero-order chi connectivity index (χ0) is 26.6. The van der Waals surface area contributed by atoms with Gasteiger partial charge in [-0.3, -0.25) is 14.3 Å². The van der Waals surface area contributed by atoms with Gasteiger partial charge in [-0.05, 0) is 24.6 Å². The van der Waals surface area contributed by atoms with Crippen molar-refractivity contribution in [2.45, 2.75) is 24.9 Å². The number of piperidine rings is 1. The number of alkyl halides is 3. The molecule has 196 valence electrons. The molecule has 1 aliphatic rings. The van der Waals surface area contributed by atoms with Crippen LogP contribution in [0.1, 0.15) is 33.2 Å². The predicted molar refractivity (Wildman–Crippen MR) is 124 cm³/mol. The van der Waals surface area contributed by atoms with Gasteiger partial charge in [-0.2, -0.15) is 5.10 Å². The van der Waals surface area contributed by atoms with Gasteiger partial charge in [0.25, 0.3) is 17.7 Å². The van der Waals surface area contributed by atoms with E-state index < -0.39 is 30.1 Å². The Morgan fingerprint density at radius 2 is 1.89 bits per heavy atom. The molecule has 2 aromatic heterocycles. The van der Waals surface area contributed by atoms with E-state index in [1.54, 1.807) is 28.0 Å². The van der Waals surface area contributed by atoms with Crippen molar-refractivity contribution < 1.29 is 37.0 Å². The van der Waals surface area contributed by atoms with E-state index in [0.717, 1.165) is 6.07 Å². The number of hydrogen-bond donors (Lipinski definition) is 1. The van der Waals surface area contributed by atoms with Crippen molar-refractivity contribution in [2.75, 3.05) is 27.3 Å². The maximum absolute atomic E-state index is 13.3. The molecule has 13 heteroatoms. The minimum absolute atomic E-state index is 0.181. The number of likely N-dealkylation sites (tertiary alicyclic amines) is 1. The minimum atomic E-state index is -4.95. The molecule has 4 rings (SSSR count). The average molecular weight is 519 g/mol. The molecule has 0 spiro atoms. The van der Waals surface area contributed by atoms with Gasteiger partial charge in [0, 0.05) is 37.7 Å². The van der Waals surface area contributed by atoms with Crippen LogP contribution in [0.4, 0.5) is 13.2 Å². The summed E-state index contributed by atoms with van der Waals surface area (Å²) in [6.45, 7) is 0.455. The topological polar surface area (TPSA) is 108 Å². The zero-order valence-electron chi connectivity index (χ0n) is 19.9. The summed E-state index contributed by atoms with van der Waals surface area (Å²) in [6, 6.07) is 7.33. The van der Waals surface area contributed by atoms with Crippen molar-refractivity contribution >= 4 is 11.8 Å². The maximum Gasteiger partial charge on any atom is 0.573 e. The lowest BCUT2D eigenvalue weighted by molar-refractivity contribution is -0.274. The van der Waals surface area contributed by atoms with Gasteiger partial charge in [0.05, 0.1) is 37.4 Å². The van der Waals surface area contributed by atoms with Crippen LogP contribution in [0.25, 0.3) is 0 Å². The normalized spacial score (nSPS) is 17.7. The summed E-state index contributed by atoms with van der Waals surface area (Å²) < 4.78 is 54.4. The molecule has 3 heterocycles. The van der Waals surface area contributed by atoms with Crippen LogP contribution in [0, 0.1) is 0 Å². The average Bonchev–Trinajstić information content (AvgIpc) is 3.42. The maximum atomic E-state index is 13.3. The lowest BCUT2D eigenvalue weighted by atomic mass is 9.97. The van der Waals surface area contributed by atoms with Crippen molar-refractivity contribution in [3.63, 3.8) is 0 Å². The van der Waals surface area contributed by atoms with E-state index in [0.29, 0.717) is 12.2 Å². The van der Waals surface area contributed by atoms with Gasteiger partial charge < -0.3 is 24.4 Å². The van der Waals surface area contributed by atoms with Gasteiger partial charge in [0.2, 0.25) is 0 Å². The largest absolute Gasteiger partial charge is 0.573 e. The number of carbonyl (C=O) groups excluding carboxylic acids is 2. The van der Waals surface area contributed by atoms with Gasteiger partial charge in [0.1, 0.15) is 5.75 Å². The Labute approximate surface area is 209 Å². The first-order valence-electron chi connectivity index (χ1n) is 11.2. The van der Waals surface area contributed by atoms with E-state index in [-0.39, 0.29) is 36.0 Å². The number of hydrogen-bond acceptors (Lipinski definition) is 7. The van der Waals surface area contributed by atoms with Gasteiger partial charge in [-0.25, -0.2) is 4.98 Å². The summed E-state index contributed by atoms with van der Waals surface area (Å²) in [4.78, 5) is 32.0. The summed E-state index contributed by atoms with van der Waals surface area (Å²) in [5.41, 5.74) is 0.0338.